The maximum absolute atomic E-state index is 4.64. The van der Waals surface area contributed by atoms with Crippen LogP contribution < -0.4 is 0 Å². The molecule has 0 aromatic heterocycles. The van der Waals surface area contributed by atoms with Crippen molar-refractivity contribution in [2.45, 2.75) is 163 Å². The van der Waals surface area contributed by atoms with Crippen LogP contribution >= 0.6 is 0 Å². The predicted octanol–water partition coefficient (Wildman–Crippen LogP) is 13.6. The number of allylic oxidation sites excluding steroid dienone is 2. The van der Waals surface area contributed by atoms with Crippen LogP contribution in [0.4, 0.5) is 0 Å². The van der Waals surface area contributed by atoms with Crippen LogP contribution in [-0.4, -0.2) is 8.15 Å². The standard InChI is InChI=1S/2C16H21.2C4H9.2CH3.H2Si.V/c2*1-10(2)13-8-14-6-12(5)7-16(14)15(9-13)11(3)4;2*1-3-4-2;;;;/h2*6-11H,1-5H3;2*1,3-4H2,2H3;2*1H3;1H2;. The third-order valence-electron chi connectivity index (χ3n) is 12.8. The van der Waals surface area contributed by atoms with Crippen molar-refractivity contribution < 1.29 is 9.47 Å². The second-order valence-corrected chi connectivity index (χ2v) is 50.3. The molecule has 0 saturated carbocycles. The first-order chi connectivity index (χ1) is 20.2. The second-order valence-electron chi connectivity index (χ2n) is 18.9. The Labute approximate surface area is 271 Å². The van der Waals surface area contributed by atoms with Gasteiger partial charge in [-0.25, -0.2) is 0 Å². The van der Waals surface area contributed by atoms with Crippen LogP contribution in [0.5, 0.6) is 0 Å². The van der Waals surface area contributed by atoms with E-state index >= 15 is 0 Å². The van der Waals surface area contributed by atoms with Gasteiger partial charge in [-0.15, -0.1) is 0 Å². The number of hydrogen-bond donors (Lipinski definition) is 0. The molecule has 2 unspecified atom stereocenters. The van der Waals surface area contributed by atoms with Crippen LogP contribution in [0.2, 0.25) is 21.5 Å². The van der Waals surface area contributed by atoms with Gasteiger partial charge in [0.1, 0.15) is 0 Å². The third kappa shape index (κ3) is 5.24. The van der Waals surface area contributed by atoms with Crippen molar-refractivity contribution in [1.82, 2.24) is 0 Å². The number of unbranched alkanes of at least 4 members (excludes halogenated alkanes) is 2. The summed E-state index contributed by atoms with van der Waals surface area (Å²) in [6, 6.07) is 10.5. The molecule has 0 bridgehead atoms. The van der Waals surface area contributed by atoms with Gasteiger partial charge in [-0.05, 0) is 0 Å². The zero-order valence-corrected chi connectivity index (χ0v) is 34.1. The van der Waals surface area contributed by atoms with E-state index in [0.717, 1.165) is 0 Å². The molecule has 0 radical (unpaired) electrons. The van der Waals surface area contributed by atoms with E-state index in [4.69, 9.17) is 0 Å². The third-order valence-corrected chi connectivity index (χ3v) is 35.5. The Morgan fingerprint density at radius 2 is 0.932 bits per heavy atom. The van der Waals surface area contributed by atoms with E-state index in [2.05, 4.69) is 139 Å². The zero-order valence-electron chi connectivity index (χ0n) is 31.3. The van der Waals surface area contributed by atoms with Crippen molar-refractivity contribution in [3.8, 4) is 0 Å². The number of hydrogen-bond acceptors (Lipinski definition) is 0. The summed E-state index contributed by atoms with van der Waals surface area (Å²) in [6.07, 6.45) is 10.5. The van der Waals surface area contributed by atoms with Gasteiger partial charge in [0.05, 0.1) is 0 Å². The van der Waals surface area contributed by atoms with Crippen molar-refractivity contribution in [2.75, 3.05) is 0 Å². The van der Waals surface area contributed by atoms with Crippen molar-refractivity contribution in [3.05, 3.63) is 79.9 Å². The summed E-state index contributed by atoms with van der Waals surface area (Å²) in [5.41, 5.74) is 22.0. The molecule has 2 aromatic carbocycles. The molecule has 44 heavy (non-hydrogen) atoms. The molecule has 2 aromatic rings. The molecule has 2 heteroatoms. The van der Waals surface area contributed by atoms with E-state index in [0.29, 0.717) is 32.9 Å². The fourth-order valence-electron chi connectivity index (χ4n) is 10.7. The van der Waals surface area contributed by atoms with Gasteiger partial charge < -0.3 is 0 Å². The molecule has 0 N–H and O–H groups in total. The van der Waals surface area contributed by atoms with Gasteiger partial charge in [0.25, 0.3) is 0 Å². The quantitative estimate of drug-likeness (QED) is 0.200. The van der Waals surface area contributed by atoms with Gasteiger partial charge in [-0.3, -0.25) is 0 Å². The Morgan fingerprint density at radius 1 is 0.591 bits per heavy atom. The number of benzene rings is 2. The molecule has 0 nitrogen and oxygen atoms in total. The summed E-state index contributed by atoms with van der Waals surface area (Å²) in [4.78, 5) is 0. The summed E-state index contributed by atoms with van der Waals surface area (Å²) < 4.78 is 0.982. The van der Waals surface area contributed by atoms with Gasteiger partial charge in [-0.1, -0.05) is 0 Å². The minimum atomic E-state index is -4.64. The molecule has 2 aliphatic carbocycles. The second kappa shape index (κ2) is 10.9. The van der Waals surface area contributed by atoms with E-state index in [1.54, 1.807) is 44.5 Å². The molecule has 0 fully saturated rings. The normalized spacial score (nSPS) is 20.8. The Morgan fingerprint density at radius 3 is 1.20 bits per heavy atom. The summed E-state index contributed by atoms with van der Waals surface area (Å²) in [7, 11) is -2.00. The minimum absolute atomic E-state index is 0.491. The monoisotopic (exact) mass is 651 g/mol. The summed E-state index contributed by atoms with van der Waals surface area (Å²) in [6.45, 7) is 29.1. The average molecular weight is 652 g/mol. The molecule has 245 valence electrons. The molecule has 0 aliphatic heterocycles. The molecular formula is C42H68SiV. The van der Waals surface area contributed by atoms with Crippen LogP contribution in [0.3, 0.4) is 0 Å². The van der Waals surface area contributed by atoms with Crippen LogP contribution in [-0.2, 0) is 9.47 Å². The molecule has 2 aliphatic rings. The van der Waals surface area contributed by atoms with Gasteiger partial charge in [-0.2, -0.15) is 0 Å². The summed E-state index contributed by atoms with van der Waals surface area (Å²) in [5, 5.41) is 2.74. The van der Waals surface area contributed by atoms with Crippen LogP contribution in [0, 0.1) is 0 Å². The van der Waals surface area contributed by atoms with Gasteiger partial charge in [0, 0.05) is 0 Å². The summed E-state index contributed by atoms with van der Waals surface area (Å²) in [5.74, 6) is 2.08. The van der Waals surface area contributed by atoms with E-state index < -0.39 is 9.47 Å². The molecule has 0 amide bonds. The first-order valence-corrected chi connectivity index (χ1v) is 28.1. The summed E-state index contributed by atoms with van der Waals surface area (Å²) >= 11 is 0. The Hall–Kier alpha value is -1.28. The zero-order chi connectivity index (χ0) is 33.1. The SMILES string of the molecule is CCC[CH2][V]([CH3])([CH3])(=[SiH2])([CH2]CCC)([CH]1C(C)=Cc2c(C(C)C)cc(C(C)C)cc21)[CH]1C(C)=Cc2c(C(C)C)cc(C(C)C)cc21. The van der Waals surface area contributed by atoms with Gasteiger partial charge >= 0.3 is 273 Å². The van der Waals surface area contributed by atoms with Crippen LogP contribution in [0.1, 0.15) is 186 Å². The maximum atomic E-state index is 3.00. The van der Waals surface area contributed by atoms with Crippen molar-refractivity contribution in [3.63, 3.8) is 0 Å². The Bertz CT molecular complexity index is 1530. The van der Waals surface area contributed by atoms with E-state index in [-0.39, 0.29) is 0 Å². The first-order valence-electron chi connectivity index (χ1n) is 18.2. The number of rotatable bonds is 12. The molecule has 0 saturated heterocycles. The van der Waals surface area contributed by atoms with Crippen molar-refractivity contribution in [1.29, 1.82) is 0 Å². The Balaban J connectivity index is 2.27. The van der Waals surface area contributed by atoms with Crippen molar-refractivity contribution in [2.24, 2.45) is 0 Å². The van der Waals surface area contributed by atoms with Crippen LogP contribution in [0.25, 0.3) is 12.2 Å². The van der Waals surface area contributed by atoms with E-state index in [1.165, 1.54) is 47.1 Å². The number of fused-ring (bicyclic) bond motifs is 2. The van der Waals surface area contributed by atoms with E-state index in [1.807, 2.05) is 0 Å². The molecule has 0 spiro atoms. The van der Waals surface area contributed by atoms with Gasteiger partial charge in [0.2, 0.25) is 0 Å². The molecule has 2 atom stereocenters. The van der Waals surface area contributed by atoms with Crippen molar-refractivity contribution >= 4 is 20.3 Å². The fourth-order valence-corrected chi connectivity index (χ4v) is 35.4. The fraction of sp³-hybridized carbons (Fsp3) is 0.619. The average Bonchev–Trinajstić information content (AvgIpc) is 3.47. The molecule has 0 heterocycles. The molecular weight excluding hydrogens is 583 g/mol. The van der Waals surface area contributed by atoms with Crippen LogP contribution in [0.15, 0.2) is 35.4 Å². The van der Waals surface area contributed by atoms with Gasteiger partial charge in [0.15, 0.2) is 0 Å². The van der Waals surface area contributed by atoms with E-state index in [9.17, 15) is 0 Å². The first kappa shape index (κ1) is 35.6. The Kier molecular flexibility index (Phi) is 8.80. The topological polar surface area (TPSA) is 0 Å². The molecule has 4 rings (SSSR count). The predicted molar refractivity (Wildman–Crippen MR) is 202 cm³/mol.